The number of ether oxygens (including phenoxy) is 1. The summed E-state index contributed by atoms with van der Waals surface area (Å²) < 4.78 is 5.12. The lowest BCUT2D eigenvalue weighted by Gasteiger charge is -2.39. The Morgan fingerprint density at radius 2 is 1.81 bits per heavy atom. The highest BCUT2D eigenvalue weighted by atomic mass is 35.5. The van der Waals surface area contributed by atoms with Crippen LogP contribution in [0.2, 0.25) is 5.15 Å². The molecule has 32 heavy (non-hydrogen) atoms. The molecule has 9 heteroatoms. The highest BCUT2D eigenvalue weighted by molar-refractivity contribution is 6.29. The maximum Gasteiger partial charge on any atom is 0.254 e. The van der Waals surface area contributed by atoms with Crippen molar-refractivity contribution < 1.29 is 19.1 Å². The molecule has 3 rings (SSSR count). The molecule has 2 aliphatic rings. The first-order valence-electron chi connectivity index (χ1n) is 10.8. The van der Waals surface area contributed by atoms with Gasteiger partial charge in [-0.3, -0.25) is 14.4 Å². The lowest BCUT2D eigenvalue weighted by Crippen LogP contribution is -2.49. The van der Waals surface area contributed by atoms with Crippen LogP contribution in [0.1, 0.15) is 49.9 Å². The average Bonchev–Trinajstić information content (AvgIpc) is 3.15. The van der Waals surface area contributed by atoms with Crippen LogP contribution < -0.4 is 10.1 Å². The molecule has 2 aliphatic heterocycles. The quantitative estimate of drug-likeness (QED) is 0.518. The summed E-state index contributed by atoms with van der Waals surface area (Å²) in [6, 6.07) is 2.57. The third-order valence-electron chi connectivity index (χ3n) is 6.32. The number of hydrogen-bond acceptors (Lipinski definition) is 5. The lowest BCUT2D eigenvalue weighted by molar-refractivity contribution is -0.135. The number of aromatic nitrogens is 1. The number of carbonyl (C=O) groups excluding carboxylic acids is 3. The Morgan fingerprint density at radius 1 is 1.19 bits per heavy atom. The van der Waals surface area contributed by atoms with E-state index >= 15 is 0 Å². The maximum atomic E-state index is 13.1. The molecule has 0 bridgehead atoms. The van der Waals surface area contributed by atoms with Crippen molar-refractivity contribution in [1.29, 1.82) is 0 Å². The van der Waals surface area contributed by atoms with E-state index in [-0.39, 0.29) is 28.3 Å². The van der Waals surface area contributed by atoms with Gasteiger partial charge in [-0.1, -0.05) is 17.2 Å². The maximum absolute atomic E-state index is 13.1. The van der Waals surface area contributed by atoms with E-state index in [0.29, 0.717) is 44.0 Å². The summed E-state index contributed by atoms with van der Waals surface area (Å²) in [5, 5.41) is 2.98. The molecule has 3 amide bonds. The van der Waals surface area contributed by atoms with E-state index in [4.69, 9.17) is 16.3 Å². The standard InChI is InChI=1S/C23H31ClN4O4/c1-15(2)11-18(25-16(3)29)22(31)28-10-7-23(14-28)5-8-27(9-6-23)21(30)17-12-19(24)26-20(13-17)32-4/h12-13,18H,1,5-11,14H2,2-4H3,(H,25,29)/t18-/m0/s1. The van der Waals surface area contributed by atoms with Gasteiger partial charge in [0.25, 0.3) is 5.91 Å². The molecule has 0 radical (unpaired) electrons. The van der Waals surface area contributed by atoms with Gasteiger partial charge in [0.2, 0.25) is 17.7 Å². The fraction of sp³-hybridized carbons (Fsp3) is 0.565. The molecule has 0 unspecified atom stereocenters. The van der Waals surface area contributed by atoms with Crippen LogP contribution in [0.15, 0.2) is 24.3 Å². The van der Waals surface area contributed by atoms with E-state index in [9.17, 15) is 14.4 Å². The second-order valence-corrected chi connectivity index (χ2v) is 9.32. The minimum Gasteiger partial charge on any atom is -0.481 e. The van der Waals surface area contributed by atoms with Crippen molar-refractivity contribution in [3.05, 3.63) is 35.0 Å². The molecule has 1 aromatic heterocycles. The molecular formula is C23H31ClN4O4. The van der Waals surface area contributed by atoms with Crippen LogP contribution >= 0.6 is 11.6 Å². The molecular weight excluding hydrogens is 432 g/mol. The van der Waals surface area contributed by atoms with Crippen molar-refractivity contribution in [3.63, 3.8) is 0 Å². The third kappa shape index (κ3) is 5.59. The first kappa shape index (κ1) is 24.0. The minimum atomic E-state index is -0.576. The molecule has 0 aliphatic carbocycles. The van der Waals surface area contributed by atoms with Gasteiger partial charge < -0.3 is 19.9 Å². The second-order valence-electron chi connectivity index (χ2n) is 8.94. The van der Waals surface area contributed by atoms with Gasteiger partial charge in [0, 0.05) is 44.7 Å². The van der Waals surface area contributed by atoms with Crippen molar-refractivity contribution in [3.8, 4) is 5.88 Å². The van der Waals surface area contributed by atoms with Crippen molar-refractivity contribution in [2.75, 3.05) is 33.3 Å². The number of piperidine rings is 1. The summed E-state index contributed by atoms with van der Waals surface area (Å²) in [4.78, 5) is 45.3. The van der Waals surface area contributed by atoms with Crippen LogP contribution in [0, 0.1) is 5.41 Å². The highest BCUT2D eigenvalue weighted by Gasteiger charge is 2.44. The zero-order valence-corrected chi connectivity index (χ0v) is 19.7. The Bertz CT molecular complexity index is 895. The van der Waals surface area contributed by atoms with E-state index in [1.54, 1.807) is 12.1 Å². The summed E-state index contributed by atoms with van der Waals surface area (Å²) in [5.41, 5.74) is 1.31. The molecule has 2 fully saturated rings. The topological polar surface area (TPSA) is 91.8 Å². The van der Waals surface area contributed by atoms with Crippen molar-refractivity contribution in [2.24, 2.45) is 5.41 Å². The number of nitrogens with one attached hydrogen (secondary N) is 1. The number of halogens is 1. The van der Waals surface area contributed by atoms with Gasteiger partial charge in [-0.15, -0.1) is 6.58 Å². The monoisotopic (exact) mass is 462 g/mol. The summed E-state index contributed by atoms with van der Waals surface area (Å²) in [6.45, 7) is 9.69. The van der Waals surface area contributed by atoms with E-state index in [2.05, 4.69) is 16.9 Å². The van der Waals surface area contributed by atoms with Crippen LogP contribution in [0.4, 0.5) is 0 Å². The molecule has 1 atom stereocenters. The normalized spacial score (nSPS) is 18.4. The summed E-state index contributed by atoms with van der Waals surface area (Å²) in [5.74, 6) is -0.0707. The number of hydrogen-bond donors (Lipinski definition) is 1. The fourth-order valence-electron chi connectivity index (χ4n) is 4.61. The van der Waals surface area contributed by atoms with Gasteiger partial charge >= 0.3 is 0 Å². The molecule has 2 saturated heterocycles. The van der Waals surface area contributed by atoms with Crippen LogP contribution in [0.5, 0.6) is 5.88 Å². The minimum absolute atomic E-state index is 0.00398. The number of amides is 3. The van der Waals surface area contributed by atoms with Crippen LogP contribution in [-0.2, 0) is 9.59 Å². The predicted molar refractivity (Wildman–Crippen MR) is 122 cm³/mol. The van der Waals surface area contributed by atoms with Gasteiger partial charge in [0.15, 0.2) is 0 Å². The number of rotatable bonds is 6. The van der Waals surface area contributed by atoms with E-state index in [1.165, 1.54) is 14.0 Å². The molecule has 1 spiro atoms. The number of methoxy groups -OCH3 is 1. The number of pyridine rings is 1. The van der Waals surface area contributed by atoms with Gasteiger partial charge in [-0.2, -0.15) is 0 Å². The van der Waals surface area contributed by atoms with E-state index in [1.807, 2.05) is 16.7 Å². The fourth-order valence-corrected chi connectivity index (χ4v) is 4.81. The first-order valence-corrected chi connectivity index (χ1v) is 11.2. The Hall–Kier alpha value is -2.61. The molecule has 174 valence electrons. The van der Waals surface area contributed by atoms with Crippen molar-refractivity contribution in [2.45, 2.75) is 45.6 Å². The Kier molecular flexibility index (Phi) is 7.44. The van der Waals surface area contributed by atoms with Gasteiger partial charge in [-0.25, -0.2) is 4.98 Å². The molecule has 8 nitrogen and oxygen atoms in total. The first-order chi connectivity index (χ1) is 15.1. The van der Waals surface area contributed by atoms with Gasteiger partial charge in [0.1, 0.15) is 11.2 Å². The Balaban J connectivity index is 1.61. The lowest BCUT2D eigenvalue weighted by atomic mass is 9.77. The number of carbonyl (C=O) groups is 3. The smallest absolute Gasteiger partial charge is 0.254 e. The van der Waals surface area contributed by atoms with Crippen LogP contribution in [0.3, 0.4) is 0 Å². The van der Waals surface area contributed by atoms with Gasteiger partial charge in [0.05, 0.1) is 7.11 Å². The molecule has 1 N–H and O–H groups in total. The summed E-state index contributed by atoms with van der Waals surface area (Å²) >= 11 is 6.01. The molecule has 3 heterocycles. The van der Waals surface area contributed by atoms with Crippen LogP contribution in [-0.4, -0.2) is 71.8 Å². The second kappa shape index (κ2) is 9.90. The Morgan fingerprint density at radius 3 is 2.38 bits per heavy atom. The number of likely N-dealkylation sites (tertiary alicyclic amines) is 2. The molecule has 1 aromatic rings. The predicted octanol–water partition coefficient (Wildman–Crippen LogP) is 2.67. The summed E-state index contributed by atoms with van der Waals surface area (Å²) in [7, 11) is 1.48. The van der Waals surface area contributed by atoms with Crippen molar-refractivity contribution >= 4 is 29.3 Å². The zero-order chi connectivity index (χ0) is 23.5. The molecule has 0 saturated carbocycles. The largest absolute Gasteiger partial charge is 0.481 e. The zero-order valence-electron chi connectivity index (χ0n) is 18.9. The van der Waals surface area contributed by atoms with Crippen molar-refractivity contribution in [1.82, 2.24) is 20.1 Å². The van der Waals surface area contributed by atoms with E-state index < -0.39 is 6.04 Å². The number of nitrogens with zero attached hydrogens (tertiary/aromatic N) is 3. The highest BCUT2D eigenvalue weighted by Crippen LogP contribution is 2.41. The SMILES string of the molecule is C=C(C)C[C@H](NC(C)=O)C(=O)N1CCC2(CCN(C(=O)c3cc(Cl)nc(OC)c3)CC2)C1. The Labute approximate surface area is 193 Å². The van der Waals surface area contributed by atoms with Gasteiger partial charge in [-0.05, 0) is 44.1 Å². The van der Waals surface area contributed by atoms with E-state index in [0.717, 1.165) is 24.8 Å². The average molecular weight is 463 g/mol. The molecule has 0 aromatic carbocycles. The third-order valence-corrected chi connectivity index (χ3v) is 6.51. The van der Waals surface area contributed by atoms with Crippen LogP contribution in [0.25, 0.3) is 0 Å². The summed E-state index contributed by atoms with van der Waals surface area (Å²) in [6.07, 6.45) is 2.98.